The van der Waals surface area contributed by atoms with E-state index in [1.165, 1.54) is 0 Å². The second-order valence-corrected chi connectivity index (χ2v) is 5.49. The largest absolute Gasteiger partial charge is 0.348 e. The molecule has 0 spiro atoms. The highest BCUT2D eigenvalue weighted by Crippen LogP contribution is 2.17. The van der Waals surface area contributed by atoms with E-state index in [-0.39, 0.29) is 23.5 Å². The molecule has 2 aromatic rings. The molecule has 0 fully saturated rings. The van der Waals surface area contributed by atoms with Crippen molar-refractivity contribution in [3.05, 3.63) is 45.2 Å². The van der Waals surface area contributed by atoms with Crippen LogP contribution in [0, 0.1) is 11.3 Å². The number of hydrogen-bond donors (Lipinski definition) is 1. The van der Waals surface area contributed by atoms with Gasteiger partial charge in [-0.3, -0.25) is 9.59 Å². The van der Waals surface area contributed by atoms with Crippen molar-refractivity contribution >= 4 is 28.4 Å². The highest BCUT2D eigenvalue weighted by molar-refractivity contribution is 6.31. The lowest BCUT2D eigenvalue weighted by molar-refractivity contribution is 0.0939. The lowest BCUT2D eigenvalue weighted by Gasteiger charge is -2.14. The topological polar surface area (TPSA) is 74.9 Å². The van der Waals surface area contributed by atoms with Gasteiger partial charge in [-0.25, -0.2) is 0 Å². The first-order chi connectivity index (χ1) is 10.5. The molecule has 1 aromatic heterocycles. The summed E-state index contributed by atoms with van der Waals surface area (Å²) in [6.07, 6.45) is 1.74. The number of amides is 1. The van der Waals surface area contributed by atoms with Crippen LogP contribution in [0.3, 0.4) is 0 Å². The minimum Gasteiger partial charge on any atom is -0.348 e. The van der Waals surface area contributed by atoms with Gasteiger partial charge in [0.25, 0.3) is 5.91 Å². The van der Waals surface area contributed by atoms with Crippen LogP contribution >= 0.6 is 11.6 Å². The molecular weight excluding hydrogens is 302 g/mol. The van der Waals surface area contributed by atoms with E-state index in [1.807, 2.05) is 17.6 Å². The summed E-state index contributed by atoms with van der Waals surface area (Å²) in [7, 11) is 0. The number of carbonyl (C=O) groups excluding carboxylic acids is 1. The van der Waals surface area contributed by atoms with Gasteiger partial charge in [0, 0.05) is 29.2 Å². The molecule has 1 aromatic carbocycles. The van der Waals surface area contributed by atoms with Gasteiger partial charge in [-0.1, -0.05) is 11.6 Å². The average Bonchev–Trinajstić information content (AvgIpc) is 2.48. The molecular formula is C16H16ClN3O2. The number of halogens is 1. The minimum absolute atomic E-state index is 0.0569. The van der Waals surface area contributed by atoms with Crippen molar-refractivity contribution < 1.29 is 4.79 Å². The summed E-state index contributed by atoms with van der Waals surface area (Å²) in [5.74, 6) is -0.475. The Balaban J connectivity index is 2.55. The van der Waals surface area contributed by atoms with E-state index in [4.69, 9.17) is 16.9 Å². The Morgan fingerprint density at radius 1 is 1.50 bits per heavy atom. The number of carbonyl (C=O) groups is 1. The number of nitriles is 1. The van der Waals surface area contributed by atoms with E-state index in [0.717, 1.165) is 5.52 Å². The molecule has 114 valence electrons. The maximum absolute atomic E-state index is 12.5. The summed E-state index contributed by atoms with van der Waals surface area (Å²) >= 11 is 5.96. The number of pyridine rings is 1. The molecule has 1 unspecified atom stereocenters. The molecule has 5 nitrogen and oxygen atoms in total. The van der Waals surface area contributed by atoms with Gasteiger partial charge in [0.2, 0.25) is 5.43 Å². The smallest absolute Gasteiger partial charge is 0.257 e. The fourth-order valence-electron chi connectivity index (χ4n) is 2.28. The summed E-state index contributed by atoms with van der Waals surface area (Å²) in [6.45, 7) is 4.27. The Kier molecular flexibility index (Phi) is 4.84. The van der Waals surface area contributed by atoms with Crippen LogP contribution in [0.2, 0.25) is 5.02 Å². The Hall–Kier alpha value is -2.32. The van der Waals surface area contributed by atoms with Crippen molar-refractivity contribution in [2.75, 3.05) is 0 Å². The molecule has 1 amide bonds. The number of hydrogen-bond acceptors (Lipinski definition) is 3. The lowest BCUT2D eigenvalue weighted by atomic mass is 10.1. The van der Waals surface area contributed by atoms with Crippen molar-refractivity contribution in [3.63, 3.8) is 0 Å². The highest BCUT2D eigenvalue weighted by Gasteiger charge is 2.17. The van der Waals surface area contributed by atoms with Crippen LogP contribution in [0.1, 0.15) is 30.6 Å². The van der Waals surface area contributed by atoms with Gasteiger partial charge in [-0.15, -0.1) is 0 Å². The molecule has 6 heteroatoms. The monoisotopic (exact) mass is 317 g/mol. The molecule has 0 aliphatic heterocycles. The normalized spacial score (nSPS) is 11.9. The summed E-state index contributed by atoms with van der Waals surface area (Å²) in [5.41, 5.74) is 0.434. The average molecular weight is 318 g/mol. The van der Waals surface area contributed by atoms with Gasteiger partial charge >= 0.3 is 0 Å². The first-order valence-electron chi connectivity index (χ1n) is 6.98. The van der Waals surface area contributed by atoms with Crippen molar-refractivity contribution in [1.82, 2.24) is 9.88 Å². The van der Waals surface area contributed by atoms with Crippen molar-refractivity contribution in [2.45, 2.75) is 32.9 Å². The van der Waals surface area contributed by atoms with Crippen molar-refractivity contribution in [1.29, 1.82) is 5.26 Å². The number of nitrogens with one attached hydrogen (secondary N) is 1. The molecule has 1 N–H and O–H groups in total. The molecule has 0 aliphatic carbocycles. The predicted molar refractivity (Wildman–Crippen MR) is 86.1 cm³/mol. The molecule has 1 heterocycles. The quantitative estimate of drug-likeness (QED) is 0.942. The number of aryl methyl sites for hydroxylation is 1. The van der Waals surface area contributed by atoms with E-state index in [0.29, 0.717) is 17.0 Å². The third-order valence-electron chi connectivity index (χ3n) is 3.40. The minimum atomic E-state index is -0.475. The molecule has 1 atom stereocenters. The van der Waals surface area contributed by atoms with Gasteiger partial charge in [0.1, 0.15) is 5.56 Å². The number of benzene rings is 1. The van der Waals surface area contributed by atoms with Crippen LogP contribution < -0.4 is 10.7 Å². The van der Waals surface area contributed by atoms with Gasteiger partial charge in [-0.2, -0.15) is 5.26 Å². The Morgan fingerprint density at radius 2 is 2.23 bits per heavy atom. The van der Waals surface area contributed by atoms with Gasteiger partial charge in [0.05, 0.1) is 18.0 Å². The van der Waals surface area contributed by atoms with Gasteiger partial charge in [0.15, 0.2) is 0 Å². The second kappa shape index (κ2) is 6.63. The molecule has 0 radical (unpaired) electrons. The SMILES string of the molecule is CCn1cc(C(=O)NC(C)CC#N)c(=O)c2cc(Cl)ccc21. The van der Waals surface area contributed by atoms with Crippen LogP contribution in [0.4, 0.5) is 0 Å². The van der Waals surface area contributed by atoms with Crippen LogP contribution in [-0.4, -0.2) is 16.5 Å². The van der Waals surface area contributed by atoms with Crippen LogP contribution in [0.25, 0.3) is 10.9 Å². The van der Waals surface area contributed by atoms with E-state index in [1.54, 1.807) is 31.3 Å². The second-order valence-electron chi connectivity index (χ2n) is 5.06. The number of fused-ring (bicyclic) bond motifs is 1. The zero-order valence-corrected chi connectivity index (χ0v) is 13.1. The summed E-state index contributed by atoms with van der Waals surface area (Å²) in [4.78, 5) is 24.8. The van der Waals surface area contributed by atoms with E-state index >= 15 is 0 Å². The lowest BCUT2D eigenvalue weighted by Crippen LogP contribution is -2.35. The Morgan fingerprint density at radius 3 is 2.86 bits per heavy atom. The fraction of sp³-hybridized carbons (Fsp3) is 0.312. The molecule has 0 saturated heterocycles. The summed E-state index contributed by atoms with van der Waals surface area (Å²) < 4.78 is 1.83. The molecule has 0 aliphatic rings. The van der Waals surface area contributed by atoms with Gasteiger partial charge in [-0.05, 0) is 32.0 Å². The predicted octanol–water partition coefficient (Wildman–Crippen LogP) is 2.71. The number of aromatic nitrogens is 1. The van der Waals surface area contributed by atoms with Crippen molar-refractivity contribution in [2.24, 2.45) is 0 Å². The molecule has 0 saturated carbocycles. The first-order valence-corrected chi connectivity index (χ1v) is 7.36. The summed E-state index contributed by atoms with van der Waals surface area (Å²) in [5, 5.41) is 12.2. The molecule has 2 rings (SSSR count). The number of nitrogens with zero attached hydrogens (tertiary/aromatic N) is 2. The van der Waals surface area contributed by atoms with E-state index in [9.17, 15) is 9.59 Å². The third-order valence-corrected chi connectivity index (χ3v) is 3.64. The first kappa shape index (κ1) is 16.1. The standard InChI is InChI=1S/C16H16ClN3O2/c1-3-20-9-13(16(22)19-10(2)6-7-18)15(21)12-8-11(17)4-5-14(12)20/h4-5,8-10H,3,6H2,1-2H3,(H,19,22). The van der Waals surface area contributed by atoms with E-state index in [2.05, 4.69) is 5.32 Å². The third kappa shape index (κ3) is 3.12. The molecule has 0 bridgehead atoms. The summed E-state index contributed by atoms with van der Waals surface area (Å²) in [6, 6.07) is 6.71. The van der Waals surface area contributed by atoms with Gasteiger partial charge < -0.3 is 9.88 Å². The number of rotatable bonds is 4. The Labute approximate surface area is 133 Å². The zero-order chi connectivity index (χ0) is 16.3. The highest BCUT2D eigenvalue weighted by atomic mass is 35.5. The van der Waals surface area contributed by atoms with E-state index < -0.39 is 5.91 Å². The molecule has 22 heavy (non-hydrogen) atoms. The van der Waals surface area contributed by atoms with Crippen molar-refractivity contribution in [3.8, 4) is 6.07 Å². The zero-order valence-electron chi connectivity index (χ0n) is 12.4. The van der Waals surface area contributed by atoms with Crippen LogP contribution in [0.15, 0.2) is 29.2 Å². The van der Waals surface area contributed by atoms with Crippen LogP contribution in [0.5, 0.6) is 0 Å². The maximum Gasteiger partial charge on any atom is 0.257 e. The van der Waals surface area contributed by atoms with Crippen LogP contribution in [-0.2, 0) is 6.54 Å². The fourth-order valence-corrected chi connectivity index (χ4v) is 2.45. The maximum atomic E-state index is 12.5. The Bertz CT molecular complexity index is 820.